The van der Waals surface area contributed by atoms with Crippen LogP contribution < -0.4 is 14.8 Å². The fourth-order valence-corrected chi connectivity index (χ4v) is 4.40. The molecule has 0 aliphatic heterocycles. The van der Waals surface area contributed by atoms with Crippen molar-refractivity contribution in [2.45, 2.75) is 45.2 Å². The highest BCUT2D eigenvalue weighted by atomic mass is 35.5. The highest BCUT2D eigenvalue weighted by Crippen LogP contribution is 2.28. The molecule has 1 N–H and O–H groups in total. The molecule has 6 nitrogen and oxygen atoms in total. The monoisotopic (exact) mass is 522 g/mol. The lowest BCUT2D eigenvalue weighted by Crippen LogP contribution is -2.50. The van der Waals surface area contributed by atoms with E-state index in [2.05, 4.69) is 5.32 Å². The molecular weight excluding hydrogens is 488 g/mol. The highest BCUT2D eigenvalue weighted by molar-refractivity contribution is 6.30. The number of hydrogen-bond donors (Lipinski definition) is 1. The van der Waals surface area contributed by atoms with Gasteiger partial charge in [0, 0.05) is 31.0 Å². The Morgan fingerprint density at radius 2 is 1.62 bits per heavy atom. The van der Waals surface area contributed by atoms with E-state index in [9.17, 15) is 9.59 Å². The van der Waals surface area contributed by atoms with Crippen LogP contribution >= 0.6 is 11.6 Å². The van der Waals surface area contributed by atoms with Crippen molar-refractivity contribution in [1.82, 2.24) is 10.2 Å². The summed E-state index contributed by atoms with van der Waals surface area (Å²) in [6.07, 6.45) is 1.96. The first-order chi connectivity index (χ1) is 17.9. The standard InChI is InChI=1S/C30H35ClN2O4/c1-4-17-32-30(35)26(19-22-9-6-5-7-10-22)33(21-24-11-8-12-25(31)18-24)29(34)16-14-23-13-15-27(36-2)28(20-23)37-3/h5-13,15,18,20,26H,4,14,16-17,19,21H2,1-3H3,(H,32,35)/t26-/m1/s1. The average molecular weight is 523 g/mol. The summed E-state index contributed by atoms with van der Waals surface area (Å²) < 4.78 is 10.7. The SMILES string of the molecule is CCCNC(=O)[C@@H](Cc1ccccc1)N(Cc1cccc(Cl)c1)C(=O)CCc1ccc(OC)c(OC)c1. The van der Waals surface area contributed by atoms with Gasteiger partial charge in [-0.15, -0.1) is 0 Å². The zero-order valence-electron chi connectivity index (χ0n) is 21.7. The van der Waals surface area contributed by atoms with Crippen LogP contribution in [0.25, 0.3) is 0 Å². The third-order valence-electron chi connectivity index (χ3n) is 6.14. The molecule has 0 fully saturated rings. The molecule has 0 saturated carbocycles. The molecule has 7 heteroatoms. The lowest BCUT2D eigenvalue weighted by atomic mass is 10.0. The van der Waals surface area contributed by atoms with E-state index in [4.69, 9.17) is 21.1 Å². The summed E-state index contributed by atoms with van der Waals surface area (Å²) in [4.78, 5) is 28.8. The van der Waals surface area contributed by atoms with Crippen molar-refractivity contribution in [3.8, 4) is 11.5 Å². The number of ether oxygens (including phenoxy) is 2. The molecule has 37 heavy (non-hydrogen) atoms. The van der Waals surface area contributed by atoms with Crippen LogP contribution in [0.3, 0.4) is 0 Å². The molecule has 0 spiro atoms. The quantitative estimate of drug-likeness (QED) is 0.324. The topological polar surface area (TPSA) is 67.9 Å². The van der Waals surface area contributed by atoms with Gasteiger partial charge in [-0.25, -0.2) is 0 Å². The summed E-state index contributed by atoms with van der Waals surface area (Å²) >= 11 is 6.24. The minimum atomic E-state index is -0.661. The Bertz CT molecular complexity index is 1170. The zero-order chi connectivity index (χ0) is 26.6. The van der Waals surface area contributed by atoms with Crippen molar-refractivity contribution < 1.29 is 19.1 Å². The number of nitrogens with zero attached hydrogens (tertiary/aromatic N) is 1. The summed E-state index contributed by atoms with van der Waals surface area (Å²) in [5, 5.41) is 3.59. The summed E-state index contributed by atoms with van der Waals surface area (Å²) in [5.41, 5.74) is 2.81. The molecule has 0 saturated heterocycles. The Hall–Kier alpha value is -3.51. The molecular formula is C30H35ClN2O4. The molecule has 3 aromatic carbocycles. The van der Waals surface area contributed by atoms with Crippen LogP contribution in [-0.4, -0.2) is 43.5 Å². The van der Waals surface area contributed by atoms with Crippen molar-refractivity contribution in [1.29, 1.82) is 0 Å². The highest BCUT2D eigenvalue weighted by Gasteiger charge is 2.30. The third kappa shape index (κ3) is 8.25. The Kier molecular flexibility index (Phi) is 10.8. The number of amides is 2. The molecule has 3 rings (SSSR count). The van der Waals surface area contributed by atoms with Crippen LogP contribution in [0.1, 0.15) is 36.5 Å². The molecule has 0 unspecified atom stereocenters. The first-order valence-corrected chi connectivity index (χ1v) is 12.9. The van der Waals surface area contributed by atoms with E-state index in [0.29, 0.717) is 35.9 Å². The molecule has 0 radical (unpaired) electrons. The lowest BCUT2D eigenvalue weighted by molar-refractivity contribution is -0.141. The summed E-state index contributed by atoms with van der Waals surface area (Å²) in [6.45, 7) is 2.84. The molecule has 0 bridgehead atoms. The fourth-order valence-electron chi connectivity index (χ4n) is 4.18. The van der Waals surface area contributed by atoms with E-state index in [1.165, 1.54) is 0 Å². The molecule has 3 aromatic rings. The van der Waals surface area contributed by atoms with Crippen LogP contribution in [0.2, 0.25) is 5.02 Å². The third-order valence-corrected chi connectivity index (χ3v) is 6.37. The van der Waals surface area contributed by atoms with Crippen molar-refractivity contribution in [2.75, 3.05) is 20.8 Å². The Morgan fingerprint density at radius 1 is 0.892 bits per heavy atom. The van der Waals surface area contributed by atoms with Crippen LogP contribution in [-0.2, 0) is 29.0 Å². The summed E-state index contributed by atoms with van der Waals surface area (Å²) in [5.74, 6) is 0.981. The average Bonchev–Trinajstić information content (AvgIpc) is 2.92. The second-order valence-corrected chi connectivity index (χ2v) is 9.27. The van der Waals surface area contributed by atoms with Gasteiger partial charge in [0.25, 0.3) is 0 Å². The zero-order valence-corrected chi connectivity index (χ0v) is 22.5. The van der Waals surface area contributed by atoms with Gasteiger partial charge in [-0.3, -0.25) is 9.59 Å². The van der Waals surface area contributed by atoms with Crippen LogP contribution in [0.5, 0.6) is 11.5 Å². The van der Waals surface area contributed by atoms with Gasteiger partial charge in [-0.1, -0.05) is 67.1 Å². The molecule has 1 atom stereocenters. The predicted molar refractivity (Wildman–Crippen MR) is 147 cm³/mol. The van der Waals surface area contributed by atoms with E-state index in [-0.39, 0.29) is 24.8 Å². The number of benzene rings is 3. The van der Waals surface area contributed by atoms with Crippen molar-refractivity contribution in [3.05, 3.63) is 94.5 Å². The number of carbonyl (C=O) groups excluding carboxylic acids is 2. The van der Waals surface area contributed by atoms with Crippen LogP contribution in [0, 0.1) is 0 Å². The summed E-state index contributed by atoms with van der Waals surface area (Å²) in [6, 6.07) is 22.2. The van der Waals surface area contributed by atoms with Gasteiger partial charge in [0.2, 0.25) is 11.8 Å². The number of methoxy groups -OCH3 is 2. The number of nitrogens with one attached hydrogen (secondary N) is 1. The van der Waals surface area contributed by atoms with E-state index in [0.717, 1.165) is 23.1 Å². The Morgan fingerprint density at radius 3 is 2.30 bits per heavy atom. The number of rotatable bonds is 13. The molecule has 0 heterocycles. The smallest absolute Gasteiger partial charge is 0.243 e. The first-order valence-electron chi connectivity index (χ1n) is 12.5. The van der Waals surface area contributed by atoms with Crippen molar-refractivity contribution in [3.63, 3.8) is 0 Å². The maximum Gasteiger partial charge on any atom is 0.243 e. The van der Waals surface area contributed by atoms with Gasteiger partial charge < -0.3 is 19.7 Å². The molecule has 196 valence electrons. The van der Waals surface area contributed by atoms with Gasteiger partial charge >= 0.3 is 0 Å². The number of hydrogen-bond acceptors (Lipinski definition) is 4. The fraction of sp³-hybridized carbons (Fsp3) is 0.333. The van der Waals surface area contributed by atoms with Gasteiger partial charge in [0.15, 0.2) is 11.5 Å². The van der Waals surface area contributed by atoms with E-state index < -0.39 is 6.04 Å². The van der Waals surface area contributed by atoms with E-state index in [1.807, 2.05) is 73.7 Å². The largest absolute Gasteiger partial charge is 0.493 e. The van der Waals surface area contributed by atoms with Gasteiger partial charge in [-0.05, 0) is 53.8 Å². The van der Waals surface area contributed by atoms with Crippen molar-refractivity contribution >= 4 is 23.4 Å². The maximum absolute atomic E-state index is 13.8. The molecule has 0 aliphatic rings. The maximum atomic E-state index is 13.8. The normalized spacial score (nSPS) is 11.5. The predicted octanol–water partition coefficient (Wildman–Crippen LogP) is 5.46. The van der Waals surface area contributed by atoms with Crippen molar-refractivity contribution in [2.24, 2.45) is 0 Å². The first kappa shape index (κ1) is 28.1. The molecule has 2 amide bonds. The molecule has 0 aliphatic carbocycles. The number of carbonyl (C=O) groups is 2. The number of halogens is 1. The lowest BCUT2D eigenvalue weighted by Gasteiger charge is -2.31. The van der Waals surface area contributed by atoms with Gasteiger partial charge in [-0.2, -0.15) is 0 Å². The Balaban J connectivity index is 1.89. The molecule has 0 aromatic heterocycles. The van der Waals surface area contributed by atoms with E-state index in [1.54, 1.807) is 25.2 Å². The minimum absolute atomic E-state index is 0.109. The second kappa shape index (κ2) is 14.3. The Labute approximate surface area is 224 Å². The van der Waals surface area contributed by atoms with Gasteiger partial charge in [0.1, 0.15) is 6.04 Å². The number of aryl methyl sites for hydroxylation is 1. The van der Waals surface area contributed by atoms with E-state index >= 15 is 0 Å². The minimum Gasteiger partial charge on any atom is -0.493 e. The van der Waals surface area contributed by atoms with Crippen LogP contribution in [0.15, 0.2) is 72.8 Å². The second-order valence-electron chi connectivity index (χ2n) is 8.84. The summed E-state index contributed by atoms with van der Waals surface area (Å²) in [7, 11) is 3.17. The van der Waals surface area contributed by atoms with Gasteiger partial charge in [0.05, 0.1) is 14.2 Å². The van der Waals surface area contributed by atoms with Crippen LogP contribution in [0.4, 0.5) is 0 Å².